The summed E-state index contributed by atoms with van der Waals surface area (Å²) in [6, 6.07) is -0.524. The average Bonchev–Trinajstić information content (AvgIpc) is 3.05. The molecule has 22 heavy (non-hydrogen) atoms. The Labute approximate surface area is 133 Å². The number of carboxylic acid groups (broad SMARTS) is 1. The van der Waals surface area contributed by atoms with Gasteiger partial charge < -0.3 is 20.1 Å². The van der Waals surface area contributed by atoms with Crippen LogP contribution in [-0.2, 0) is 19.1 Å². The van der Waals surface area contributed by atoms with E-state index in [-0.39, 0.29) is 17.4 Å². The summed E-state index contributed by atoms with van der Waals surface area (Å²) in [5, 5.41) is 11.8. The lowest BCUT2D eigenvalue weighted by atomic mass is 10.1. The first-order chi connectivity index (χ1) is 10.2. The first-order valence-electron chi connectivity index (χ1n) is 7.27. The zero-order chi connectivity index (χ0) is 16.5. The summed E-state index contributed by atoms with van der Waals surface area (Å²) < 4.78 is 5.29. The van der Waals surface area contributed by atoms with Crippen LogP contribution in [0, 0.1) is 0 Å². The summed E-state index contributed by atoms with van der Waals surface area (Å²) >= 11 is 1.51. The SMILES string of the molecule is CC(C)(C)NC(=O)C1CSCN1C(=O)[C@@H]1CC[C@H](C(=O)O)O1. The molecule has 2 saturated heterocycles. The Morgan fingerprint density at radius 1 is 1.23 bits per heavy atom. The standard InChI is InChI=1S/C14H22N2O5S/c1-14(2,3)15-11(17)8-6-22-7-16(8)12(18)9-4-5-10(21-9)13(19)20/h8-10H,4-7H2,1-3H3,(H,15,17)(H,19,20)/t8?,9-,10+/m0/s1. The van der Waals surface area contributed by atoms with Crippen molar-refractivity contribution in [1.29, 1.82) is 0 Å². The molecule has 0 saturated carbocycles. The molecule has 7 nitrogen and oxygen atoms in total. The van der Waals surface area contributed by atoms with E-state index in [1.165, 1.54) is 16.7 Å². The number of aliphatic carboxylic acids is 1. The fourth-order valence-electron chi connectivity index (χ4n) is 2.52. The number of carbonyl (C=O) groups is 3. The van der Waals surface area contributed by atoms with Gasteiger partial charge in [-0.2, -0.15) is 0 Å². The highest BCUT2D eigenvalue weighted by atomic mass is 32.2. The Morgan fingerprint density at radius 2 is 1.86 bits per heavy atom. The Bertz CT molecular complexity index is 476. The van der Waals surface area contributed by atoms with Crippen LogP contribution in [0.1, 0.15) is 33.6 Å². The summed E-state index contributed by atoms with van der Waals surface area (Å²) in [4.78, 5) is 37.2. The van der Waals surface area contributed by atoms with Gasteiger partial charge in [0, 0.05) is 11.3 Å². The minimum atomic E-state index is -1.05. The lowest BCUT2D eigenvalue weighted by Gasteiger charge is -2.29. The van der Waals surface area contributed by atoms with Crippen LogP contribution in [0.25, 0.3) is 0 Å². The van der Waals surface area contributed by atoms with Crippen molar-refractivity contribution in [1.82, 2.24) is 10.2 Å². The van der Waals surface area contributed by atoms with Gasteiger partial charge in [0.15, 0.2) is 6.10 Å². The van der Waals surface area contributed by atoms with Crippen molar-refractivity contribution in [2.24, 2.45) is 0 Å². The minimum Gasteiger partial charge on any atom is -0.479 e. The molecule has 0 aromatic carbocycles. The molecular formula is C14H22N2O5S. The summed E-state index contributed by atoms with van der Waals surface area (Å²) in [6.45, 7) is 5.66. The fraction of sp³-hybridized carbons (Fsp3) is 0.786. The largest absolute Gasteiger partial charge is 0.479 e. The molecule has 0 radical (unpaired) electrons. The molecule has 0 aromatic heterocycles. The van der Waals surface area contributed by atoms with E-state index in [1.54, 1.807) is 0 Å². The van der Waals surface area contributed by atoms with Crippen LogP contribution in [0.15, 0.2) is 0 Å². The van der Waals surface area contributed by atoms with Gasteiger partial charge in [-0.15, -0.1) is 11.8 Å². The van der Waals surface area contributed by atoms with Crippen LogP contribution in [0.3, 0.4) is 0 Å². The van der Waals surface area contributed by atoms with E-state index in [0.29, 0.717) is 24.5 Å². The molecule has 2 N–H and O–H groups in total. The zero-order valence-electron chi connectivity index (χ0n) is 13.0. The summed E-state index contributed by atoms with van der Waals surface area (Å²) in [6.07, 6.45) is -0.980. The summed E-state index contributed by atoms with van der Waals surface area (Å²) in [7, 11) is 0. The molecule has 1 unspecified atom stereocenters. The van der Waals surface area contributed by atoms with E-state index >= 15 is 0 Å². The molecule has 3 atom stereocenters. The van der Waals surface area contributed by atoms with Crippen molar-refractivity contribution < 1.29 is 24.2 Å². The third-order valence-corrected chi connectivity index (χ3v) is 4.55. The monoisotopic (exact) mass is 330 g/mol. The minimum absolute atomic E-state index is 0.182. The Kier molecular flexibility index (Phi) is 5.01. The third kappa shape index (κ3) is 3.92. The molecule has 2 aliphatic rings. The smallest absolute Gasteiger partial charge is 0.332 e. The van der Waals surface area contributed by atoms with E-state index in [0.717, 1.165) is 0 Å². The molecule has 0 aromatic rings. The topological polar surface area (TPSA) is 95.9 Å². The number of rotatable bonds is 3. The highest BCUT2D eigenvalue weighted by Gasteiger charge is 2.42. The van der Waals surface area contributed by atoms with Crippen LogP contribution in [0.4, 0.5) is 0 Å². The van der Waals surface area contributed by atoms with Crippen molar-refractivity contribution in [3.05, 3.63) is 0 Å². The number of thioether (sulfide) groups is 1. The Balaban J connectivity index is 2.00. The molecule has 2 amide bonds. The van der Waals surface area contributed by atoms with Gasteiger partial charge >= 0.3 is 5.97 Å². The quantitative estimate of drug-likeness (QED) is 0.779. The number of carboxylic acids is 1. The Morgan fingerprint density at radius 3 is 2.41 bits per heavy atom. The highest BCUT2D eigenvalue weighted by Crippen LogP contribution is 2.27. The van der Waals surface area contributed by atoms with E-state index in [1.807, 2.05) is 20.8 Å². The number of ether oxygens (including phenoxy) is 1. The summed E-state index contributed by atoms with van der Waals surface area (Å²) in [5.74, 6) is -0.545. The number of carbonyl (C=O) groups excluding carboxylic acids is 2. The molecule has 2 fully saturated rings. The maximum atomic E-state index is 12.5. The van der Waals surface area contributed by atoms with E-state index in [9.17, 15) is 14.4 Å². The van der Waals surface area contributed by atoms with Crippen LogP contribution in [0.5, 0.6) is 0 Å². The molecule has 124 valence electrons. The van der Waals surface area contributed by atoms with Crippen molar-refractivity contribution in [3.8, 4) is 0 Å². The van der Waals surface area contributed by atoms with Crippen LogP contribution in [-0.4, -0.2) is 63.2 Å². The third-order valence-electron chi connectivity index (χ3n) is 3.54. The van der Waals surface area contributed by atoms with Crippen molar-refractivity contribution in [2.45, 2.75) is 57.4 Å². The molecule has 0 bridgehead atoms. The predicted molar refractivity (Wildman–Crippen MR) is 81.4 cm³/mol. The lowest BCUT2D eigenvalue weighted by Crippen LogP contribution is -2.54. The maximum absolute atomic E-state index is 12.5. The first-order valence-corrected chi connectivity index (χ1v) is 8.43. The second-order valence-electron chi connectivity index (χ2n) is 6.59. The fourth-order valence-corrected chi connectivity index (χ4v) is 3.68. The van der Waals surface area contributed by atoms with Gasteiger partial charge in [-0.25, -0.2) is 4.79 Å². The highest BCUT2D eigenvalue weighted by molar-refractivity contribution is 7.99. The molecule has 8 heteroatoms. The molecule has 0 spiro atoms. The van der Waals surface area contributed by atoms with Crippen LogP contribution in [0.2, 0.25) is 0 Å². The van der Waals surface area contributed by atoms with E-state index in [4.69, 9.17) is 9.84 Å². The Hall–Kier alpha value is -1.28. The van der Waals surface area contributed by atoms with Gasteiger partial charge in [-0.3, -0.25) is 9.59 Å². The number of amides is 2. The lowest BCUT2D eigenvalue weighted by molar-refractivity contribution is -0.156. The maximum Gasteiger partial charge on any atom is 0.332 e. The van der Waals surface area contributed by atoms with Gasteiger partial charge in [-0.05, 0) is 33.6 Å². The normalized spacial score (nSPS) is 28.7. The van der Waals surface area contributed by atoms with E-state index < -0.39 is 24.2 Å². The van der Waals surface area contributed by atoms with Gasteiger partial charge in [0.2, 0.25) is 5.91 Å². The van der Waals surface area contributed by atoms with Crippen molar-refractivity contribution in [2.75, 3.05) is 11.6 Å². The first kappa shape index (κ1) is 17.1. The number of nitrogens with one attached hydrogen (secondary N) is 1. The number of nitrogens with zero attached hydrogens (tertiary/aromatic N) is 1. The predicted octanol–water partition coefficient (Wildman–Crippen LogP) is 0.435. The van der Waals surface area contributed by atoms with Crippen molar-refractivity contribution in [3.63, 3.8) is 0 Å². The molecule has 2 rings (SSSR count). The zero-order valence-corrected chi connectivity index (χ0v) is 13.8. The van der Waals surface area contributed by atoms with Crippen LogP contribution >= 0.6 is 11.8 Å². The molecule has 2 aliphatic heterocycles. The number of hydrogen-bond donors (Lipinski definition) is 2. The van der Waals surface area contributed by atoms with Gasteiger partial charge in [0.1, 0.15) is 12.1 Å². The van der Waals surface area contributed by atoms with E-state index in [2.05, 4.69) is 5.32 Å². The van der Waals surface area contributed by atoms with Crippen molar-refractivity contribution >= 4 is 29.5 Å². The summed E-state index contributed by atoms with van der Waals surface area (Å²) in [5.41, 5.74) is -0.364. The van der Waals surface area contributed by atoms with Gasteiger partial charge in [-0.1, -0.05) is 0 Å². The second-order valence-corrected chi connectivity index (χ2v) is 7.59. The van der Waals surface area contributed by atoms with Crippen LogP contribution < -0.4 is 5.32 Å². The second kappa shape index (κ2) is 6.45. The van der Waals surface area contributed by atoms with Gasteiger partial charge in [0.25, 0.3) is 5.91 Å². The number of hydrogen-bond acceptors (Lipinski definition) is 5. The molecule has 2 heterocycles. The molecular weight excluding hydrogens is 308 g/mol. The molecule has 0 aliphatic carbocycles. The van der Waals surface area contributed by atoms with Gasteiger partial charge in [0.05, 0.1) is 5.88 Å². The average molecular weight is 330 g/mol.